The highest BCUT2D eigenvalue weighted by Gasteiger charge is 2.23. The van der Waals surface area contributed by atoms with Crippen molar-refractivity contribution >= 4 is 5.95 Å². The standard InChI is InChI=1S/C14H20N6/c1-11(13-5-8-17-19-13)18-12-4-2-9-20(10-12)14-15-6-3-7-16-14/h3,5-8,11-12,18H,2,4,9-10H2,1H3,(H,17,19). The highest BCUT2D eigenvalue weighted by atomic mass is 15.3. The quantitative estimate of drug-likeness (QED) is 0.883. The van der Waals surface area contributed by atoms with E-state index in [9.17, 15) is 0 Å². The lowest BCUT2D eigenvalue weighted by Crippen LogP contribution is -2.47. The molecular formula is C14H20N6. The van der Waals surface area contributed by atoms with Gasteiger partial charge in [0.25, 0.3) is 0 Å². The summed E-state index contributed by atoms with van der Waals surface area (Å²) in [7, 11) is 0. The maximum Gasteiger partial charge on any atom is 0.225 e. The third-order valence-corrected chi connectivity index (χ3v) is 3.73. The number of H-pyrrole nitrogens is 1. The van der Waals surface area contributed by atoms with E-state index >= 15 is 0 Å². The molecule has 106 valence electrons. The van der Waals surface area contributed by atoms with Crippen molar-refractivity contribution in [3.63, 3.8) is 0 Å². The summed E-state index contributed by atoms with van der Waals surface area (Å²) in [5, 5.41) is 10.7. The zero-order valence-corrected chi connectivity index (χ0v) is 11.7. The number of nitrogens with one attached hydrogen (secondary N) is 2. The molecule has 0 amide bonds. The van der Waals surface area contributed by atoms with Gasteiger partial charge in [-0.3, -0.25) is 5.10 Å². The van der Waals surface area contributed by atoms with Gasteiger partial charge in [0.15, 0.2) is 0 Å². The van der Waals surface area contributed by atoms with Crippen LogP contribution >= 0.6 is 0 Å². The first-order valence-electron chi connectivity index (χ1n) is 7.10. The smallest absolute Gasteiger partial charge is 0.225 e. The van der Waals surface area contributed by atoms with E-state index in [1.54, 1.807) is 18.6 Å². The van der Waals surface area contributed by atoms with Crippen LogP contribution in [0.5, 0.6) is 0 Å². The maximum absolute atomic E-state index is 4.34. The van der Waals surface area contributed by atoms with Gasteiger partial charge in [0.2, 0.25) is 5.95 Å². The lowest BCUT2D eigenvalue weighted by Gasteiger charge is -2.34. The van der Waals surface area contributed by atoms with Crippen LogP contribution in [-0.4, -0.2) is 39.3 Å². The van der Waals surface area contributed by atoms with E-state index in [0.717, 1.165) is 31.2 Å². The summed E-state index contributed by atoms with van der Waals surface area (Å²) in [6.45, 7) is 4.13. The topological polar surface area (TPSA) is 69.7 Å². The molecule has 6 heteroatoms. The molecule has 2 N–H and O–H groups in total. The zero-order chi connectivity index (χ0) is 13.8. The number of nitrogens with zero attached hydrogens (tertiary/aromatic N) is 4. The summed E-state index contributed by atoms with van der Waals surface area (Å²) in [5.74, 6) is 0.827. The van der Waals surface area contributed by atoms with Crippen molar-refractivity contribution in [2.45, 2.75) is 31.8 Å². The van der Waals surface area contributed by atoms with Gasteiger partial charge < -0.3 is 10.2 Å². The van der Waals surface area contributed by atoms with Gasteiger partial charge in [0.1, 0.15) is 0 Å². The molecule has 3 rings (SSSR count). The molecule has 0 saturated carbocycles. The van der Waals surface area contributed by atoms with Crippen molar-refractivity contribution in [3.05, 3.63) is 36.4 Å². The Morgan fingerprint density at radius 2 is 2.20 bits per heavy atom. The Morgan fingerprint density at radius 3 is 2.95 bits per heavy atom. The molecule has 2 aromatic heterocycles. The molecule has 0 spiro atoms. The van der Waals surface area contributed by atoms with Crippen molar-refractivity contribution in [3.8, 4) is 0 Å². The zero-order valence-electron chi connectivity index (χ0n) is 11.7. The Balaban J connectivity index is 1.61. The Morgan fingerprint density at radius 1 is 1.35 bits per heavy atom. The van der Waals surface area contributed by atoms with Gasteiger partial charge >= 0.3 is 0 Å². The first-order chi connectivity index (χ1) is 9.83. The Bertz CT molecular complexity index is 512. The molecule has 20 heavy (non-hydrogen) atoms. The van der Waals surface area contributed by atoms with Crippen LogP contribution in [0.2, 0.25) is 0 Å². The maximum atomic E-state index is 4.34. The van der Waals surface area contributed by atoms with E-state index in [1.807, 2.05) is 12.1 Å². The van der Waals surface area contributed by atoms with Crippen LogP contribution in [0.25, 0.3) is 0 Å². The number of anilines is 1. The first kappa shape index (κ1) is 13.1. The average Bonchev–Trinajstić information content (AvgIpc) is 3.03. The van der Waals surface area contributed by atoms with Crippen molar-refractivity contribution in [2.75, 3.05) is 18.0 Å². The van der Waals surface area contributed by atoms with E-state index in [0.29, 0.717) is 6.04 Å². The van der Waals surface area contributed by atoms with E-state index in [4.69, 9.17) is 0 Å². The van der Waals surface area contributed by atoms with Gasteiger partial charge in [0.05, 0.1) is 5.69 Å². The van der Waals surface area contributed by atoms with E-state index in [-0.39, 0.29) is 6.04 Å². The average molecular weight is 272 g/mol. The SMILES string of the molecule is CC(NC1CCCN(c2ncccn2)C1)c1ccn[nH]1. The fourth-order valence-corrected chi connectivity index (χ4v) is 2.70. The van der Waals surface area contributed by atoms with Gasteiger partial charge in [-0.05, 0) is 31.9 Å². The molecule has 0 bridgehead atoms. The van der Waals surface area contributed by atoms with Gasteiger partial charge in [-0.15, -0.1) is 0 Å². The van der Waals surface area contributed by atoms with Crippen molar-refractivity contribution in [2.24, 2.45) is 0 Å². The molecule has 1 saturated heterocycles. The summed E-state index contributed by atoms with van der Waals surface area (Å²) < 4.78 is 0. The molecule has 1 fully saturated rings. The van der Waals surface area contributed by atoms with Crippen molar-refractivity contribution in [1.82, 2.24) is 25.5 Å². The predicted molar refractivity (Wildman–Crippen MR) is 77.4 cm³/mol. The summed E-state index contributed by atoms with van der Waals surface area (Å²) in [4.78, 5) is 10.9. The largest absolute Gasteiger partial charge is 0.339 e. The minimum absolute atomic E-state index is 0.277. The van der Waals surface area contributed by atoms with E-state index in [1.165, 1.54) is 6.42 Å². The van der Waals surface area contributed by atoms with Gasteiger partial charge in [-0.2, -0.15) is 5.10 Å². The molecule has 0 aromatic carbocycles. The third kappa shape index (κ3) is 2.96. The number of aromatic amines is 1. The molecule has 3 heterocycles. The number of aromatic nitrogens is 4. The molecule has 0 radical (unpaired) electrons. The second kappa shape index (κ2) is 6.00. The summed E-state index contributed by atoms with van der Waals surface area (Å²) in [5.41, 5.74) is 1.12. The fraction of sp³-hybridized carbons (Fsp3) is 0.500. The number of piperidine rings is 1. The van der Waals surface area contributed by atoms with Crippen molar-refractivity contribution < 1.29 is 0 Å². The fourth-order valence-electron chi connectivity index (χ4n) is 2.70. The number of rotatable bonds is 4. The third-order valence-electron chi connectivity index (χ3n) is 3.73. The van der Waals surface area contributed by atoms with Crippen LogP contribution in [-0.2, 0) is 0 Å². The van der Waals surface area contributed by atoms with Gasteiger partial charge in [0, 0.05) is 43.8 Å². The lowest BCUT2D eigenvalue weighted by molar-refractivity contribution is 0.382. The minimum Gasteiger partial charge on any atom is -0.339 e. The predicted octanol–water partition coefficient (Wildman–Crippen LogP) is 1.52. The molecule has 1 aliphatic rings. The Kier molecular flexibility index (Phi) is 3.92. The second-order valence-corrected chi connectivity index (χ2v) is 5.23. The normalized spacial score (nSPS) is 20.9. The van der Waals surface area contributed by atoms with Crippen LogP contribution < -0.4 is 10.2 Å². The summed E-state index contributed by atoms with van der Waals surface area (Å²) in [6.07, 6.45) is 7.73. The first-order valence-corrected chi connectivity index (χ1v) is 7.10. The second-order valence-electron chi connectivity index (χ2n) is 5.23. The monoisotopic (exact) mass is 272 g/mol. The molecule has 2 atom stereocenters. The summed E-state index contributed by atoms with van der Waals surface area (Å²) in [6, 6.07) is 4.59. The molecular weight excluding hydrogens is 252 g/mol. The summed E-state index contributed by atoms with van der Waals surface area (Å²) >= 11 is 0. The van der Waals surface area contributed by atoms with Gasteiger partial charge in [-0.1, -0.05) is 0 Å². The van der Waals surface area contributed by atoms with Crippen LogP contribution in [0.1, 0.15) is 31.5 Å². The Labute approximate surface area is 118 Å². The van der Waals surface area contributed by atoms with E-state index in [2.05, 4.69) is 37.3 Å². The van der Waals surface area contributed by atoms with Gasteiger partial charge in [-0.25, -0.2) is 9.97 Å². The number of hydrogen-bond acceptors (Lipinski definition) is 5. The molecule has 6 nitrogen and oxygen atoms in total. The van der Waals surface area contributed by atoms with E-state index < -0.39 is 0 Å². The number of hydrogen-bond donors (Lipinski definition) is 2. The molecule has 2 unspecified atom stereocenters. The molecule has 0 aliphatic carbocycles. The lowest BCUT2D eigenvalue weighted by atomic mass is 10.0. The highest BCUT2D eigenvalue weighted by Crippen LogP contribution is 2.18. The molecule has 2 aromatic rings. The molecule has 1 aliphatic heterocycles. The Hall–Kier alpha value is -1.95. The van der Waals surface area contributed by atoms with Crippen LogP contribution in [0, 0.1) is 0 Å². The van der Waals surface area contributed by atoms with Crippen LogP contribution in [0.4, 0.5) is 5.95 Å². The van der Waals surface area contributed by atoms with Crippen molar-refractivity contribution in [1.29, 1.82) is 0 Å². The highest BCUT2D eigenvalue weighted by molar-refractivity contribution is 5.29. The van der Waals surface area contributed by atoms with Crippen LogP contribution in [0.15, 0.2) is 30.7 Å². The van der Waals surface area contributed by atoms with Crippen LogP contribution in [0.3, 0.4) is 0 Å². The minimum atomic E-state index is 0.277.